The number of imidazole rings is 1. The van der Waals surface area contributed by atoms with Gasteiger partial charge in [-0.15, -0.1) is 0 Å². The molecule has 0 fully saturated rings. The number of hydrogen-bond acceptors (Lipinski definition) is 2. The van der Waals surface area contributed by atoms with Crippen LogP contribution in [-0.4, -0.2) is 27.4 Å². The molecule has 0 aliphatic carbocycles. The summed E-state index contributed by atoms with van der Waals surface area (Å²) in [5.41, 5.74) is 1.20. The zero-order valence-electron chi connectivity index (χ0n) is 13.9. The van der Waals surface area contributed by atoms with Gasteiger partial charge in [-0.3, -0.25) is 4.58 Å². The van der Waals surface area contributed by atoms with Gasteiger partial charge < -0.3 is 22.0 Å². The number of nitrogens with one attached hydrogen (secondary N) is 2. The minimum Gasteiger partial charge on any atom is -1.00 e. The molecule has 0 unspecified atom stereocenters. The average molecular weight is 371 g/mol. The van der Waals surface area contributed by atoms with E-state index in [1.807, 2.05) is 0 Å². The number of H-pyrrole nitrogens is 1. The summed E-state index contributed by atoms with van der Waals surface area (Å²) in [6.07, 6.45) is 17.8. The van der Waals surface area contributed by atoms with Crippen LogP contribution in [0.3, 0.4) is 0 Å². The van der Waals surface area contributed by atoms with Crippen molar-refractivity contribution in [1.82, 2.24) is 9.97 Å². The van der Waals surface area contributed by atoms with E-state index in [9.17, 15) is 0 Å². The summed E-state index contributed by atoms with van der Waals surface area (Å²) in [4.78, 5) is 7.41. The van der Waals surface area contributed by atoms with Gasteiger partial charge in [-0.25, -0.2) is 5.32 Å². The number of hydrogen-bond donors (Lipinski definition) is 2. The molecule has 2 rings (SSSR count). The van der Waals surface area contributed by atoms with E-state index in [0.717, 1.165) is 18.9 Å². The molecule has 0 saturated heterocycles. The fourth-order valence-corrected chi connectivity index (χ4v) is 2.91. The second-order valence-corrected chi connectivity index (χ2v) is 6.16. The zero-order valence-corrected chi connectivity index (χ0v) is 15.5. The van der Waals surface area contributed by atoms with Crippen LogP contribution >= 0.6 is 0 Å². The van der Waals surface area contributed by atoms with Crippen molar-refractivity contribution in [2.75, 3.05) is 11.9 Å². The van der Waals surface area contributed by atoms with Gasteiger partial charge in [0.05, 0.1) is 12.9 Å². The van der Waals surface area contributed by atoms with E-state index in [-0.39, 0.29) is 17.0 Å². The summed E-state index contributed by atoms with van der Waals surface area (Å²) in [7, 11) is 0. The van der Waals surface area contributed by atoms with Crippen molar-refractivity contribution >= 4 is 12.2 Å². The number of fused-ring (bicyclic) bond motifs is 1. The minimum absolute atomic E-state index is 0. The number of halogens is 1. The average Bonchev–Trinajstić information content (AvgIpc) is 2.97. The molecule has 0 spiro atoms. The molecule has 0 bridgehead atoms. The third kappa shape index (κ3) is 6.95. The van der Waals surface area contributed by atoms with E-state index in [0.29, 0.717) is 0 Å². The van der Waals surface area contributed by atoms with Gasteiger partial charge in [0.2, 0.25) is 12.2 Å². The lowest BCUT2D eigenvalue weighted by molar-refractivity contribution is -0.541. The molecular formula is C17H31BrN4. The highest BCUT2D eigenvalue weighted by atomic mass is 79.9. The second-order valence-electron chi connectivity index (χ2n) is 6.16. The summed E-state index contributed by atoms with van der Waals surface area (Å²) in [6.45, 7) is 4.38. The van der Waals surface area contributed by atoms with Gasteiger partial charge in [-0.1, -0.05) is 58.3 Å². The fourth-order valence-electron chi connectivity index (χ4n) is 2.91. The van der Waals surface area contributed by atoms with Crippen LogP contribution in [-0.2, 0) is 6.54 Å². The fraction of sp³-hybridized carbons (Fsp3) is 0.765. The lowest BCUT2D eigenvalue weighted by Gasteiger charge is -2.10. The van der Waals surface area contributed by atoms with Gasteiger partial charge in [0, 0.05) is 0 Å². The highest BCUT2D eigenvalue weighted by Crippen LogP contribution is 2.14. The number of anilines is 1. The van der Waals surface area contributed by atoms with E-state index in [1.165, 1.54) is 69.9 Å². The Morgan fingerprint density at radius 1 is 1.00 bits per heavy atom. The molecular weight excluding hydrogens is 340 g/mol. The summed E-state index contributed by atoms with van der Waals surface area (Å²) in [5, 5.41) is 3.24. The molecule has 0 atom stereocenters. The second kappa shape index (κ2) is 11.7. The monoisotopic (exact) mass is 370 g/mol. The van der Waals surface area contributed by atoms with E-state index >= 15 is 0 Å². The van der Waals surface area contributed by atoms with E-state index < -0.39 is 0 Å². The molecule has 1 aromatic rings. The predicted octanol–water partition coefficient (Wildman–Crippen LogP) is 1.30. The van der Waals surface area contributed by atoms with Crippen molar-refractivity contribution in [3.63, 3.8) is 0 Å². The number of unbranched alkanes of at least 4 members (excludes halogenated alkanes) is 9. The molecule has 5 heteroatoms. The molecule has 0 radical (unpaired) electrons. The maximum absolute atomic E-state index is 4.22. The summed E-state index contributed by atoms with van der Waals surface area (Å²) in [5.74, 6) is 0.981. The Kier molecular flexibility index (Phi) is 10.2. The Labute approximate surface area is 145 Å². The Bertz CT molecular complexity index is 428. The molecule has 22 heavy (non-hydrogen) atoms. The van der Waals surface area contributed by atoms with Crippen molar-refractivity contribution in [3.05, 3.63) is 12.0 Å². The number of aromatic nitrogens is 2. The van der Waals surface area contributed by atoms with Crippen LogP contribution in [0.5, 0.6) is 0 Å². The van der Waals surface area contributed by atoms with Crippen LogP contribution in [0.4, 0.5) is 5.82 Å². The van der Waals surface area contributed by atoms with Gasteiger partial charge in [-0.05, 0) is 12.8 Å². The number of nitrogens with zero attached hydrogens (tertiary/aromatic N) is 2. The first-order chi connectivity index (χ1) is 10.4. The van der Waals surface area contributed by atoms with Gasteiger partial charge >= 0.3 is 0 Å². The third-order valence-corrected chi connectivity index (χ3v) is 4.26. The number of aromatic amines is 1. The molecule has 2 heterocycles. The zero-order chi connectivity index (χ0) is 14.8. The van der Waals surface area contributed by atoms with Crippen LogP contribution in [0.15, 0.2) is 6.33 Å². The molecule has 126 valence electrons. The lowest BCUT2D eigenvalue weighted by atomic mass is 10.1. The van der Waals surface area contributed by atoms with Gasteiger partial charge in [0.1, 0.15) is 12.2 Å². The highest BCUT2D eigenvalue weighted by molar-refractivity contribution is 5.72. The third-order valence-electron chi connectivity index (χ3n) is 4.26. The predicted molar refractivity (Wildman–Crippen MR) is 88.9 cm³/mol. The van der Waals surface area contributed by atoms with Crippen LogP contribution in [0, 0.1) is 0 Å². The Balaban J connectivity index is 0.00000242. The number of rotatable bonds is 11. The van der Waals surface area contributed by atoms with Crippen molar-refractivity contribution in [2.24, 2.45) is 0 Å². The van der Waals surface area contributed by atoms with Crippen molar-refractivity contribution < 1.29 is 21.6 Å². The largest absolute Gasteiger partial charge is 1.00 e. The molecule has 1 aliphatic heterocycles. The smallest absolute Gasteiger partial charge is 0.243 e. The SMILES string of the molecule is CCCCCCCCCCCC[N+]1=CNc2nc[nH]c2C1.[Br-]. The molecule has 2 N–H and O–H groups in total. The van der Waals surface area contributed by atoms with Crippen LogP contribution in [0.1, 0.15) is 76.8 Å². The van der Waals surface area contributed by atoms with Gasteiger partial charge in [-0.2, -0.15) is 4.98 Å². The highest BCUT2D eigenvalue weighted by Gasteiger charge is 2.17. The molecule has 4 nitrogen and oxygen atoms in total. The minimum atomic E-state index is 0. The maximum atomic E-state index is 4.22. The van der Waals surface area contributed by atoms with Gasteiger partial charge in [0.25, 0.3) is 0 Å². The van der Waals surface area contributed by atoms with E-state index in [1.54, 1.807) is 6.33 Å². The van der Waals surface area contributed by atoms with E-state index in [2.05, 4.69) is 33.1 Å². The first kappa shape index (κ1) is 19.2. The van der Waals surface area contributed by atoms with Crippen LogP contribution in [0.25, 0.3) is 0 Å². The van der Waals surface area contributed by atoms with Crippen molar-refractivity contribution in [3.8, 4) is 0 Å². The Hall–Kier alpha value is -0.840. The van der Waals surface area contributed by atoms with E-state index in [4.69, 9.17) is 0 Å². The Morgan fingerprint density at radius 2 is 1.64 bits per heavy atom. The summed E-state index contributed by atoms with van der Waals surface area (Å²) < 4.78 is 2.34. The van der Waals surface area contributed by atoms with Crippen LogP contribution < -0.4 is 22.3 Å². The standard InChI is InChI=1S/C17H30N4.BrH/c1-2-3-4-5-6-7-8-9-10-11-12-21-13-16-17(20-15-21)19-14-18-16;/h14-15H,2-13H2,1H3,(H,18,19);1H. The quantitative estimate of drug-likeness (QED) is 0.455. The maximum Gasteiger partial charge on any atom is 0.243 e. The van der Waals surface area contributed by atoms with Crippen molar-refractivity contribution in [1.29, 1.82) is 0 Å². The molecule has 0 aromatic carbocycles. The normalized spacial score (nSPS) is 13.0. The lowest BCUT2D eigenvalue weighted by Crippen LogP contribution is -3.00. The van der Waals surface area contributed by atoms with Gasteiger partial charge in [0.15, 0.2) is 0 Å². The molecule has 0 saturated carbocycles. The Morgan fingerprint density at radius 3 is 2.32 bits per heavy atom. The first-order valence-electron chi connectivity index (χ1n) is 8.76. The van der Waals surface area contributed by atoms with Crippen molar-refractivity contribution in [2.45, 2.75) is 77.7 Å². The molecule has 0 amide bonds. The molecule has 1 aliphatic rings. The summed E-state index contributed by atoms with van der Waals surface area (Å²) >= 11 is 0. The van der Waals surface area contributed by atoms with Crippen LogP contribution in [0.2, 0.25) is 0 Å². The first-order valence-corrected chi connectivity index (χ1v) is 8.76. The molecule has 1 aromatic heterocycles. The summed E-state index contributed by atoms with van der Waals surface area (Å²) in [6, 6.07) is 0. The topological polar surface area (TPSA) is 43.7 Å².